The van der Waals surface area contributed by atoms with Crippen molar-refractivity contribution in [3.8, 4) is 0 Å². The number of hydrogen-bond acceptors (Lipinski definition) is 6. The lowest BCUT2D eigenvalue weighted by atomic mass is 9.81. The van der Waals surface area contributed by atoms with Crippen molar-refractivity contribution >= 4 is 28.6 Å². The van der Waals surface area contributed by atoms with Gasteiger partial charge in [-0.15, -0.1) is 22.7 Å². The van der Waals surface area contributed by atoms with Crippen LogP contribution in [0.25, 0.3) is 0 Å². The molecule has 0 aromatic carbocycles. The molecule has 0 saturated heterocycles. The highest BCUT2D eigenvalue weighted by Gasteiger charge is 2.50. The van der Waals surface area contributed by atoms with Crippen molar-refractivity contribution in [2.75, 3.05) is 13.1 Å². The second-order valence-electron chi connectivity index (χ2n) is 9.90. The molecular weight excluding hydrogens is 462 g/mol. The van der Waals surface area contributed by atoms with E-state index in [2.05, 4.69) is 20.2 Å². The molecule has 2 saturated carbocycles. The Kier molecular flexibility index (Phi) is 6.82. The molecule has 3 heterocycles. The van der Waals surface area contributed by atoms with E-state index in [0.29, 0.717) is 29.8 Å². The Hall–Kier alpha value is -1.45. The largest absolute Gasteiger partial charge is 0.353 e. The summed E-state index contributed by atoms with van der Waals surface area (Å²) in [4.78, 5) is 25.9. The minimum absolute atomic E-state index is 0.00573. The normalized spacial score (nSPS) is 27.1. The van der Waals surface area contributed by atoms with Crippen molar-refractivity contribution in [1.29, 1.82) is 0 Å². The van der Waals surface area contributed by atoms with Crippen LogP contribution in [0.3, 0.4) is 0 Å². The van der Waals surface area contributed by atoms with Gasteiger partial charge in [0, 0.05) is 41.5 Å². The first-order chi connectivity index (χ1) is 15.9. The zero-order valence-corrected chi connectivity index (χ0v) is 20.7. The van der Waals surface area contributed by atoms with Gasteiger partial charge < -0.3 is 5.32 Å². The lowest BCUT2D eigenvalue weighted by molar-refractivity contribution is -0.121. The van der Waals surface area contributed by atoms with Crippen molar-refractivity contribution in [1.82, 2.24) is 20.2 Å². The van der Waals surface area contributed by atoms with Crippen LogP contribution in [0.4, 0.5) is 8.78 Å². The van der Waals surface area contributed by atoms with E-state index < -0.39 is 11.8 Å². The maximum atomic E-state index is 13.8. The third kappa shape index (κ3) is 5.46. The zero-order valence-electron chi connectivity index (χ0n) is 19.1. The summed E-state index contributed by atoms with van der Waals surface area (Å²) in [6, 6.07) is 0.290. The molecule has 9 heteroatoms. The van der Waals surface area contributed by atoms with Crippen molar-refractivity contribution in [3.63, 3.8) is 0 Å². The van der Waals surface area contributed by atoms with E-state index in [1.807, 2.05) is 6.92 Å². The monoisotopic (exact) mass is 494 g/mol. The average Bonchev–Trinajstić information content (AvgIpc) is 3.37. The van der Waals surface area contributed by atoms with Crippen LogP contribution >= 0.6 is 22.7 Å². The topological polar surface area (TPSA) is 58.1 Å². The number of nitrogens with zero attached hydrogens (tertiary/aromatic N) is 3. The van der Waals surface area contributed by atoms with Crippen molar-refractivity contribution in [2.24, 2.45) is 5.92 Å². The number of nitrogens with one attached hydrogen (secondary N) is 1. The molecule has 2 aromatic rings. The predicted octanol–water partition coefficient (Wildman–Crippen LogP) is 5.09. The molecule has 5 rings (SSSR count). The van der Waals surface area contributed by atoms with Crippen molar-refractivity contribution in [2.45, 2.75) is 89.1 Å². The fourth-order valence-electron chi connectivity index (χ4n) is 5.31. The first-order valence-corrected chi connectivity index (χ1v) is 13.8. The lowest BCUT2D eigenvalue weighted by Gasteiger charge is -2.34. The summed E-state index contributed by atoms with van der Waals surface area (Å²) in [6.45, 7) is 4.80. The Labute approximate surface area is 202 Å². The van der Waals surface area contributed by atoms with Gasteiger partial charge >= 0.3 is 0 Å². The highest BCUT2D eigenvalue weighted by molar-refractivity contribution is 7.12. The number of carbonyl (C=O) groups excluding carboxylic acids is 1. The number of carbonyl (C=O) groups is 1. The summed E-state index contributed by atoms with van der Waals surface area (Å²) in [5.41, 5.74) is 1.03. The number of thiazole rings is 2. The highest BCUT2D eigenvalue weighted by Crippen LogP contribution is 2.51. The van der Waals surface area contributed by atoms with Gasteiger partial charge in [0.2, 0.25) is 5.91 Å². The van der Waals surface area contributed by atoms with E-state index in [0.717, 1.165) is 73.7 Å². The van der Waals surface area contributed by atoms with Gasteiger partial charge in [-0.25, -0.2) is 18.7 Å². The second kappa shape index (κ2) is 9.66. The molecule has 1 aliphatic heterocycles. The van der Waals surface area contributed by atoms with Gasteiger partial charge in [-0.05, 0) is 64.3 Å². The maximum absolute atomic E-state index is 13.8. The van der Waals surface area contributed by atoms with Crippen LogP contribution in [0.2, 0.25) is 0 Å². The van der Waals surface area contributed by atoms with E-state index in [4.69, 9.17) is 0 Å². The number of amides is 1. The molecule has 1 atom stereocenters. The molecule has 2 fully saturated rings. The summed E-state index contributed by atoms with van der Waals surface area (Å²) < 4.78 is 27.6. The number of halogens is 2. The molecular formula is C24H32F2N4OS2. The van der Waals surface area contributed by atoms with Crippen LogP contribution in [-0.4, -0.2) is 45.8 Å². The van der Waals surface area contributed by atoms with Gasteiger partial charge in [0.1, 0.15) is 5.01 Å². The molecule has 33 heavy (non-hydrogen) atoms. The smallest absolute Gasteiger partial charge is 0.257 e. The van der Waals surface area contributed by atoms with Crippen LogP contribution in [0.1, 0.15) is 76.3 Å². The Morgan fingerprint density at radius 1 is 1.24 bits per heavy atom. The quantitative estimate of drug-likeness (QED) is 0.583. The van der Waals surface area contributed by atoms with Gasteiger partial charge in [-0.2, -0.15) is 0 Å². The third-order valence-corrected chi connectivity index (χ3v) is 9.65. The summed E-state index contributed by atoms with van der Waals surface area (Å²) >= 11 is 3.11. The first kappa shape index (κ1) is 23.3. The maximum Gasteiger partial charge on any atom is 0.257 e. The lowest BCUT2D eigenvalue weighted by Crippen LogP contribution is -2.39. The fourth-order valence-corrected chi connectivity index (χ4v) is 7.36. The standard InChI is InChI=1S/C24H32F2N4OS2/c1-15-27-13-18(32-15)12-22(31)28-17-4-2-16(3-5-17)7-10-30-11-8-21-20(14-30)29-23(33-21)19-6-9-24(19,25)26/h13,16-17,19H,2-12,14H2,1H3,(H,28,31). The van der Waals surface area contributed by atoms with Crippen LogP contribution < -0.4 is 5.32 Å². The summed E-state index contributed by atoms with van der Waals surface area (Å²) in [5, 5.41) is 4.86. The van der Waals surface area contributed by atoms with E-state index >= 15 is 0 Å². The molecule has 5 nitrogen and oxygen atoms in total. The molecule has 2 aliphatic carbocycles. The SMILES string of the molecule is Cc1ncc(CC(=O)NC2CCC(CCN3CCc4sc(C5CCC5(F)F)nc4C3)CC2)s1. The van der Waals surface area contributed by atoms with Crippen molar-refractivity contribution < 1.29 is 13.6 Å². The van der Waals surface area contributed by atoms with Crippen LogP contribution in [-0.2, 0) is 24.2 Å². The minimum atomic E-state index is -2.56. The molecule has 1 N–H and O–H groups in total. The Balaban J connectivity index is 1.03. The fraction of sp³-hybridized carbons (Fsp3) is 0.708. The summed E-state index contributed by atoms with van der Waals surface area (Å²) in [7, 11) is 0. The van der Waals surface area contributed by atoms with E-state index in [1.54, 1.807) is 17.5 Å². The molecule has 1 unspecified atom stereocenters. The number of hydrogen-bond donors (Lipinski definition) is 1. The Bertz CT molecular complexity index is 983. The number of aryl methyl sites for hydroxylation is 1. The third-order valence-electron chi connectivity index (χ3n) is 7.47. The molecule has 0 radical (unpaired) electrons. The van der Waals surface area contributed by atoms with Gasteiger partial charge in [-0.3, -0.25) is 9.69 Å². The van der Waals surface area contributed by atoms with Gasteiger partial charge in [0.25, 0.3) is 5.92 Å². The predicted molar refractivity (Wildman–Crippen MR) is 127 cm³/mol. The van der Waals surface area contributed by atoms with E-state index in [-0.39, 0.29) is 12.3 Å². The molecule has 1 amide bonds. The number of aromatic nitrogens is 2. The van der Waals surface area contributed by atoms with Gasteiger partial charge in [0.15, 0.2) is 0 Å². The molecule has 3 aliphatic rings. The van der Waals surface area contributed by atoms with Gasteiger partial charge in [-0.1, -0.05) is 0 Å². The average molecular weight is 495 g/mol. The first-order valence-electron chi connectivity index (χ1n) is 12.1. The number of rotatable bonds is 7. The Morgan fingerprint density at radius 3 is 2.73 bits per heavy atom. The second-order valence-corrected chi connectivity index (χ2v) is 12.3. The van der Waals surface area contributed by atoms with E-state index in [1.165, 1.54) is 16.2 Å². The Morgan fingerprint density at radius 2 is 2.06 bits per heavy atom. The van der Waals surface area contributed by atoms with Crippen molar-refractivity contribution in [3.05, 3.63) is 31.7 Å². The highest BCUT2D eigenvalue weighted by atomic mass is 32.1. The molecule has 2 aromatic heterocycles. The summed E-state index contributed by atoms with van der Waals surface area (Å²) in [6.07, 6.45) is 9.30. The molecule has 0 bridgehead atoms. The van der Waals surface area contributed by atoms with Crippen LogP contribution in [0, 0.1) is 12.8 Å². The summed E-state index contributed by atoms with van der Waals surface area (Å²) in [5.74, 6) is -2.40. The number of fused-ring (bicyclic) bond motifs is 1. The molecule has 0 spiro atoms. The molecule has 180 valence electrons. The van der Waals surface area contributed by atoms with Gasteiger partial charge in [0.05, 0.1) is 23.0 Å². The minimum Gasteiger partial charge on any atom is -0.353 e. The van der Waals surface area contributed by atoms with Crippen LogP contribution in [0.5, 0.6) is 0 Å². The van der Waals surface area contributed by atoms with Crippen LogP contribution in [0.15, 0.2) is 6.20 Å². The number of alkyl halides is 2. The zero-order chi connectivity index (χ0) is 23.0. The van der Waals surface area contributed by atoms with E-state index in [9.17, 15) is 13.6 Å².